The minimum Gasteiger partial charge on any atom is -0.343 e. The number of nitrogens with zero attached hydrogens (tertiary/aromatic N) is 2. The molecule has 1 aromatic heterocycles. The van der Waals surface area contributed by atoms with Gasteiger partial charge in [-0.1, -0.05) is 18.2 Å². The topological polar surface area (TPSA) is 77.0 Å². The van der Waals surface area contributed by atoms with Gasteiger partial charge in [-0.15, -0.1) is 0 Å². The number of carbonyl (C=O) groups is 1. The SMILES string of the molecule is N#CC1CCN(C(=O)CCc2cc3ccccc3[nH]c2=O)CC1. The number of benzene rings is 1. The van der Waals surface area contributed by atoms with Crippen molar-refractivity contribution in [3.05, 3.63) is 46.2 Å². The Hall–Kier alpha value is -2.61. The molecule has 1 saturated heterocycles. The average Bonchev–Trinajstić information content (AvgIpc) is 2.59. The third kappa shape index (κ3) is 3.42. The lowest BCUT2D eigenvalue weighted by molar-refractivity contribution is -0.132. The maximum atomic E-state index is 12.3. The molecule has 23 heavy (non-hydrogen) atoms. The Morgan fingerprint density at radius 3 is 2.78 bits per heavy atom. The lowest BCUT2D eigenvalue weighted by atomic mass is 9.98. The van der Waals surface area contributed by atoms with E-state index in [0.717, 1.165) is 23.7 Å². The highest BCUT2D eigenvalue weighted by Crippen LogP contribution is 2.17. The standard InChI is InChI=1S/C18H19N3O2/c19-12-13-7-9-21(10-8-13)17(22)6-5-15-11-14-3-1-2-4-16(14)20-18(15)23/h1-4,11,13H,5-10H2,(H,20,23). The predicted molar refractivity (Wildman–Crippen MR) is 87.8 cm³/mol. The molecular weight excluding hydrogens is 290 g/mol. The van der Waals surface area contributed by atoms with Crippen molar-refractivity contribution < 1.29 is 4.79 Å². The lowest BCUT2D eigenvalue weighted by Crippen LogP contribution is -2.38. The van der Waals surface area contributed by atoms with Crippen molar-refractivity contribution in [1.82, 2.24) is 9.88 Å². The van der Waals surface area contributed by atoms with Crippen LogP contribution in [0.1, 0.15) is 24.8 Å². The molecule has 3 rings (SSSR count). The largest absolute Gasteiger partial charge is 0.343 e. The molecule has 1 aliphatic heterocycles. The van der Waals surface area contributed by atoms with E-state index in [0.29, 0.717) is 31.5 Å². The van der Waals surface area contributed by atoms with Gasteiger partial charge >= 0.3 is 0 Å². The molecule has 1 fully saturated rings. The summed E-state index contributed by atoms with van der Waals surface area (Å²) in [4.78, 5) is 29.0. The van der Waals surface area contributed by atoms with Crippen molar-refractivity contribution in [1.29, 1.82) is 5.26 Å². The number of fused-ring (bicyclic) bond motifs is 1. The number of hydrogen-bond acceptors (Lipinski definition) is 3. The number of hydrogen-bond donors (Lipinski definition) is 1. The zero-order valence-corrected chi connectivity index (χ0v) is 12.9. The summed E-state index contributed by atoms with van der Waals surface area (Å²) in [5.74, 6) is 0.135. The van der Waals surface area contributed by atoms with Gasteiger partial charge in [-0.05, 0) is 36.8 Å². The minimum atomic E-state index is -0.125. The number of nitrogens with one attached hydrogen (secondary N) is 1. The number of aromatic nitrogens is 1. The van der Waals surface area contributed by atoms with E-state index in [4.69, 9.17) is 5.26 Å². The molecule has 1 amide bonds. The fraction of sp³-hybridized carbons (Fsp3) is 0.389. The molecule has 5 nitrogen and oxygen atoms in total. The summed E-state index contributed by atoms with van der Waals surface area (Å²) in [6, 6.07) is 11.7. The Morgan fingerprint density at radius 2 is 2.04 bits per heavy atom. The van der Waals surface area contributed by atoms with Gasteiger partial charge in [0.25, 0.3) is 5.56 Å². The Morgan fingerprint density at radius 1 is 1.30 bits per heavy atom. The number of para-hydroxylation sites is 1. The molecule has 2 heterocycles. The molecule has 0 spiro atoms. The molecule has 0 aliphatic carbocycles. The number of aryl methyl sites for hydroxylation is 1. The van der Waals surface area contributed by atoms with Gasteiger partial charge in [-0.25, -0.2) is 0 Å². The Kier molecular flexibility index (Phi) is 4.42. The van der Waals surface area contributed by atoms with Crippen molar-refractivity contribution in [3.8, 4) is 6.07 Å². The van der Waals surface area contributed by atoms with Gasteiger partial charge in [0.05, 0.1) is 6.07 Å². The van der Waals surface area contributed by atoms with E-state index in [1.807, 2.05) is 35.2 Å². The van der Waals surface area contributed by atoms with E-state index in [2.05, 4.69) is 11.1 Å². The first-order chi connectivity index (χ1) is 11.2. The molecule has 0 radical (unpaired) electrons. The van der Waals surface area contributed by atoms with Crippen LogP contribution in [0.2, 0.25) is 0 Å². The van der Waals surface area contributed by atoms with Crippen LogP contribution in [0.3, 0.4) is 0 Å². The van der Waals surface area contributed by atoms with Gasteiger partial charge in [-0.3, -0.25) is 9.59 Å². The average molecular weight is 309 g/mol. The van der Waals surface area contributed by atoms with E-state index in [9.17, 15) is 9.59 Å². The molecular formula is C18H19N3O2. The van der Waals surface area contributed by atoms with Crippen LogP contribution < -0.4 is 5.56 Å². The second kappa shape index (κ2) is 6.66. The van der Waals surface area contributed by atoms with Crippen LogP contribution >= 0.6 is 0 Å². The molecule has 0 saturated carbocycles. The van der Waals surface area contributed by atoms with E-state index in [1.54, 1.807) is 0 Å². The van der Waals surface area contributed by atoms with E-state index in [1.165, 1.54) is 0 Å². The summed E-state index contributed by atoms with van der Waals surface area (Å²) in [6.07, 6.45) is 2.27. The number of amides is 1. The van der Waals surface area contributed by atoms with Crippen LogP contribution in [-0.2, 0) is 11.2 Å². The summed E-state index contributed by atoms with van der Waals surface area (Å²) >= 11 is 0. The highest BCUT2D eigenvalue weighted by atomic mass is 16.2. The maximum absolute atomic E-state index is 12.3. The van der Waals surface area contributed by atoms with Crippen LogP contribution in [0.5, 0.6) is 0 Å². The summed E-state index contributed by atoms with van der Waals surface area (Å²) in [5.41, 5.74) is 1.33. The van der Waals surface area contributed by atoms with Crippen molar-refractivity contribution >= 4 is 16.8 Å². The third-order valence-electron chi connectivity index (χ3n) is 4.47. The van der Waals surface area contributed by atoms with Crippen molar-refractivity contribution in [3.63, 3.8) is 0 Å². The van der Waals surface area contributed by atoms with Crippen molar-refractivity contribution in [2.45, 2.75) is 25.7 Å². The molecule has 0 atom stereocenters. The van der Waals surface area contributed by atoms with E-state index >= 15 is 0 Å². The smallest absolute Gasteiger partial charge is 0.251 e. The number of likely N-dealkylation sites (tertiary alicyclic amines) is 1. The predicted octanol–water partition coefficient (Wildman–Crippen LogP) is 2.22. The molecule has 1 aromatic carbocycles. The number of rotatable bonds is 3. The van der Waals surface area contributed by atoms with Gasteiger partial charge in [-0.2, -0.15) is 5.26 Å². The van der Waals surface area contributed by atoms with E-state index in [-0.39, 0.29) is 17.4 Å². The number of pyridine rings is 1. The summed E-state index contributed by atoms with van der Waals surface area (Å²) in [5, 5.41) is 9.87. The van der Waals surface area contributed by atoms with Crippen LogP contribution in [-0.4, -0.2) is 28.9 Å². The molecule has 0 bridgehead atoms. The quantitative estimate of drug-likeness (QED) is 0.944. The number of aromatic amines is 1. The zero-order valence-electron chi connectivity index (χ0n) is 12.9. The number of piperidine rings is 1. The fourth-order valence-corrected chi connectivity index (χ4v) is 3.04. The van der Waals surface area contributed by atoms with Crippen LogP contribution in [0, 0.1) is 17.2 Å². The van der Waals surface area contributed by atoms with Crippen LogP contribution in [0.25, 0.3) is 10.9 Å². The first-order valence-corrected chi connectivity index (χ1v) is 7.95. The molecule has 5 heteroatoms. The molecule has 118 valence electrons. The van der Waals surface area contributed by atoms with Crippen molar-refractivity contribution in [2.75, 3.05) is 13.1 Å². The zero-order chi connectivity index (χ0) is 16.2. The Balaban J connectivity index is 1.64. The van der Waals surface area contributed by atoms with Gasteiger partial charge in [0.2, 0.25) is 5.91 Å². The number of carbonyl (C=O) groups excluding carboxylic acids is 1. The van der Waals surface area contributed by atoms with Gasteiger partial charge in [0, 0.05) is 36.5 Å². The highest BCUT2D eigenvalue weighted by molar-refractivity contribution is 5.79. The van der Waals surface area contributed by atoms with E-state index < -0.39 is 0 Å². The Labute approximate surface area is 134 Å². The Bertz CT molecular complexity index is 811. The van der Waals surface area contributed by atoms with Crippen LogP contribution in [0.15, 0.2) is 35.1 Å². The number of nitriles is 1. The maximum Gasteiger partial charge on any atom is 0.251 e. The van der Waals surface area contributed by atoms with Crippen LogP contribution in [0.4, 0.5) is 0 Å². The van der Waals surface area contributed by atoms with Gasteiger partial charge in [0.15, 0.2) is 0 Å². The first-order valence-electron chi connectivity index (χ1n) is 7.95. The summed E-state index contributed by atoms with van der Waals surface area (Å²) < 4.78 is 0. The monoisotopic (exact) mass is 309 g/mol. The fourth-order valence-electron chi connectivity index (χ4n) is 3.04. The second-order valence-electron chi connectivity index (χ2n) is 6.00. The molecule has 2 aromatic rings. The van der Waals surface area contributed by atoms with Gasteiger partial charge < -0.3 is 9.88 Å². The number of H-pyrrole nitrogens is 1. The first kappa shape index (κ1) is 15.3. The minimum absolute atomic E-state index is 0.0638. The summed E-state index contributed by atoms with van der Waals surface area (Å²) in [7, 11) is 0. The second-order valence-corrected chi connectivity index (χ2v) is 6.00. The molecule has 1 aliphatic rings. The molecule has 0 unspecified atom stereocenters. The van der Waals surface area contributed by atoms with Crippen molar-refractivity contribution in [2.24, 2.45) is 5.92 Å². The highest BCUT2D eigenvalue weighted by Gasteiger charge is 2.22. The van der Waals surface area contributed by atoms with Gasteiger partial charge in [0.1, 0.15) is 0 Å². The molecule has 1 N–H and O–H groups in total. The third-order valence-corrected chi connectivity index (χ3v) is 4.47. The normalized spacial score (nSPS) is 15.5. The summed E-state index contributed by atoms with van der Waals surface area (Å²) in [6.45, 7) is 1.29. The lowest BCUT2D eigenvalue weighted by Gasteiger charge is -2.29.